The van der Waals surface area contributed by atoms with Crippen molar-refractivity contribution in [3.63, 3.8) is 0 Å². The maximum Gasteiger partial charge on any atom is 0.264 e. The van der Waals surface area contributed by atoms with E-state index in [1.165, 1.54) is 39.5 Å². The molecule has 0 aromatic heterocycles. The number of methoxy groups -OCH3 is 4. The van der Waals surface area contributed by atoms with Gasteiger partial charge in [-0.2, -0.15) is 0 Å². The van der Waals surface area contributed by atoms with Crippen LogP contribution >= 0.6 is 0 Å². The van der Waals surface area contributed by atoms with Crippen LogP contribution in [0.4, 0.5) is 5.69 Å². The minimum Gasteiger partial charge on any atom is -0.497 e. The second-order valence-electron chi connectivity index (χ2n) is 7.76. The quantitative estimate of drug-likeness (QED) is 0.415. The lowest BCUT2D eigenvalue weighted by atomic mass is 10.1. The minimum absolute atomic E-state index is 0.0423. The zero-order valence-corrected chi connectivity index (χ0v) is 21.7. The fourth-order valence-corrected chi connectivity index (χ4v) is 5.12. The van der Waals surface area contributed by atoms with Gasteiger partial charge in [-0.1, -0.05) is 18.2 Å². The van der Waals surface area contributed by atoms with Gasteiger partial charge < -0.3 is 24.3 Å². The molecule has 10 heteroatoms. The SMILES string of the molecule is COc1ccc(OC)c([C@H](C)NC(=O)CN(c2ccccc2)S(=O)(=O)c2ccc(OC)c(OC)c2)c1. The summed E-state index contributed by atoms with van der Waals surface area (Å²) in [5.74, 6) is 1.33. The molecule has 0 aliphatic heterocycles. The smallest absolute Gasteiger partial charge is 0.264 e. The second kappa shape index (κ2) is 11.7. The van der Waals surface area contributed by atoms with E-state index in [-0.39, 0.29) is 10.6 Å². The Morgan fingerprint density at radius 2 is 1.47 bits per heavy atom. The predicted octanol–water partition coefficient (Wildman–Crippen LogP) is 3.79. The summed E-state index contributed by atoms with van der Waals surface area (Å²) in [6.07, 6.45) is 0. The number of rotatable bonds is 11. The number of nitrogens with zero attached hydrogens (tertiary/aromatic N) is 1. The lowest BCUT2D eigenvalue weighted by molar-refractivity contribution is -0.120. The first-order chi connectivity index (χ1) is 17.2. The van der Waals surface area contributed by atoms with Crippen LogP contribution < -0.4 is 28.6 Å². The lowest BCUT2D eigenvalue weighted by Crippen LogP contribution is -2.41. The fraction of sp³-hybridized carbons (Fsp3) is 0.269. The summed E-state index contributed by atoms with van der Waals surface area (Å²) < 4.78 is 49.6. The van der Waals surface area contributed by atoms with Gasteiger partial charge in [0.2, 0.25) is 5.91 Å². The van der Waals surface area contributed by atoms with Crippen LogP contribution in [0.15, 0.2) is 71.6 Å². The van der Waals surface area contributed by atoms with E-state index >= 15 is 0 Å². The lowest BCUT2D eigenvalue weighted by Gasteiger charge is -2.26. The topological polar surface area (TPSA) is 103 Å². The van der Waals surface area contributed by atoms with E-state index < -0.39 is 28.5 Å². The number of para-hydroxylation sites is 1. The van der Waals surface area contributed by atoms with Crippen LogP contribution in [0, 0.1) is 0 Å². The van der Waals surface area contributed by atoms with Crippen LogP contribution in [0.1, 0.15) is 18.5 Å². The van der Waals surface area contributed by atoms with Crippen molar-refractivity contribution in [2.24, 2.45) is 0 Å². The molecule has 3 aromatic rings. The van der Waals surface area contributed by atoms with E-state index in [1.807, 2.05) is 0 Å². The molecule has 0 saturated carbocycles. The number of carbonyl (C=O) groups is 1. The molecule has 0 fully saturated rings. The van der Waals surface area contributed by atoms with Crippen LogP contribution in [0.25, 0.3) is 0 Å². The first-order valence-corrected chi connectivity index (χ1v) is 12.5. The molecule has 192 valence electrons. The molecule has 0 heterocycles. The molecule has 9 nitrogen and oxygen atoms in total. The highest BCUT2D eigenvalue weighted by atomic mass is 32.2. The number of hydrogen-bond donors (Lipinski definition) is 1. The molecule has 0 spiro atoms. The summed E-state index contributed by atoms with van der Waals surface area (Å²) in [5, 5.41) is 2.86. The monoisotopic (exact) mass is 514 g/mol. The van der Waals surface area contributed by atoms with Crippen molar-refractivity contribution in [3.8, 4) is 23.0 Å². The first-order valence-electron chi connectivity index (χ1n) is 11.1. The number of benzene rings is 3. The standard InChI is InChI=1S/C26H30N2O7S/c1-18(22-15-20(32-2)11-13-23(22)33-3)27-26(29)17-28(19-9-7-6-8-10-19)36(30,31)21-12-14-24(34-4)25(16-21)35-5/h6-16,18H,17H2,1-5H3,(H,27,29)/t18-/m0/s1. The Bertz CT molecular complexity index is 1300. The van der Waals surface area contributed by atoms with Gasteiger partial charge in [0, 0.05) is 11.6 Å². The maximum absolute atomic E-state index is 13.7. The van der Waals surface area contributed by atoms with Crippen molar-refractivity contribution in [1.82, 2.24) is 5.32 Å². The van der Waals surface area contributed by atoms with E-state index in [2.05, 4.69) is 5.32 Å². The molecule has 0 unspecified atom stereocenters. The number of sulfonamides is 1. The van der Waals surface area contributed by atoms with Gasteiger partial charge in [-0.25, -0.2) is 8.42 Å². The summed E-state index contributed by atoms with van der Waals surface area (Å²) in [7, 11) is 1.83. The van der Waals surface area contributed by atoms with Gasteiger partial charge >= 0.3 is 0 Å². The predicted molar refractivity (Wildman–Crippen MR) is 137 cm³/mol. The summed E-state index contributed by atoms with van der Waals surface area (Å²) in [6.45, 7) is 1.34. The molecule has 36 heavy (non-hydrogen) atoms. The third-order valence-corrected chi connectivity index (χ3v) is 7.33. The van der Waals surface area contributed by atoms with E-state index in [1.54, 1.807) is 62.6 Å². The third-order valence-electron chi connectivity index (χ3n) is 5.56. The van der Waals surface area contributed by atoms with Crippen molar-refractivity contribution in [3.05, 3.63) is 72.3 Å². The van der Waals surface area contributed by atoms with Crippen molar-refractivity contribution in [2.45, 2.75) is 17.9 Å². The molecule has 1 atom stereocenters. The Kier molecular flexibility index (Phi) is 8.65. The van der Waals surface area contributed by atoms with Gasteiger partial charge in [0.1, 0.15) is 18.0 Å². The Labute approximate surface area is 211 Å². The number of amides is 1. The third kappa shape index (κ3) is 5.83. The zero-order chi connectivity index (χ0) is 26.3. The van der Waals surface area contributed by atoms with Gasteiger partial charge in [-0.3, -0.25) is 9.10 Å². The van der Waals surface area contributed by atoms with Gasteiger partial charge in [0.05, 0.1) is 45.1 Å². The normalized spacial score (nSPS) is 11.8. The van der Waals surface area contributed by atoms with Crippen LogP contribution in [0.2, 0.25) is 0 Å². The number of hydrogen-bond acceptors (Lipinski definition) is 7. The molecular weight excluding hydrogens is 484 g/mol. The van der Waals surface area contributed by atoms with Crippen LogP contribution in [-0.2, 0) is 14.8 Å². The molecule has 3 rings (SSSR count). The molecule has 0 saturated heterocycles. The number of anilines is 1. The summed E-state index contributed by atoms with van der Waals surface area (Å²) in [4.78, 5) is 13.1. The van der Waals surface area contributed by atoms with Crippen molar-refractivity contribution in [1.29, 1.82) is 0 Å². The van der Waals surface area contributed by atoms with Gasteiger partial charge in [0.25, 0.3) is 10.0 Å². The van der Waals surface area contributed by atoms with Crippen LogP contribution in [0.3, 0.4) is 0 Å². The Morgan fingerprint density at radius 1 is 0.833 bits per heavy atom. The largest absolute Gasteiger partial charge is 0.497 e. The molecule has 3 aromatic carbocycles. The van der Waals surface area contributed by atoms with Crippen molar-refractivity contribution in [2.75, 3.05) is 39.3 Å². The van der Waals surface area contributed by atoms with Gasteiger partial charge in [-0.05, 0) is 49.4 Å². The zero-order valence-electron chi connectivity index (χ0n) is 20.8. The van der Waals surface area contributed by atoms with E-state index in [0.29, 0.717) is 28.5 Å². The minimum atomic E-state index is -4.14. The highest BCUT2D eigenvalue weighted by Gasteiger charge is 2.29. The highest BCUT2D eigenvalue weighted by Crippen LogP contribution is 2.33. The number of nitrogens with one attached hydrogen (secondary N) is 1. The first kappa shape index (κ1) is 26.7. The molecular formula is C26H30N2O7S. The van der Waals surface area contributed by atoms with E-state index in [0.717, 1.165) is 4.31 Å². The average molecular weight is 515 g/mol. The summed E-state index contributed by atoms with van der Waals surface area (Å²) in [5.41, 5.74) is 1.04. The summed E-state index contributed by atoms with van der Waals surface area (Å²) in [6, 6.07) is 17.5. The van der Waals surface area contributed by atoms with Crippen molar-refractivity contribution < 1.29 is 32.2 Å². The Balaban J connectivity index is 1.93. The Morgan fingerprint density at radius 3 is 2.08 bits per heavy atom. The maximum atomic E-state index is 13.7. The fourth-order valence-electron chi connectivity index (χ4n) is 3.69. The van der Waals surface area contributed by atoms with Crippen LogP contribution in [-0.4, -0.2) is 49.3 Å². The highest BCUT2D eigenvalue weighted by molar-refractivity contribution is 7.92. The molecule has 1 amide bonds. The molecule has 1 N–H and O–H groups in total. The summed E-state index contributed by atoms with van der Waals surface area (Å²) >= 11 is 0. The molecule has 0 radical (unpaired) electrons. The second-order valence-corrected chi connectivity index (χ2v) is 9.62. The van der Waals surface area contributed by atoms with Gasteiger partial charge in [0.15, 0.2) is 11.5 Å². The van der Waals surface area contributed by atoms with E-state index in [9.17, 15) is 13.2 Å². The Hall–Kier alpha value is -3.92. The van der Waals surface area contributed by atoms with Gasteiger partial charge in [-0.15, -0.1) is 0 Å². The molecule has 0 aliphatic carbocycles. The van der Waals surface area contributed by atoms with Crippen LogP contribution in [0.5, 0.6) is 23.0 Å². The van der Waals surface area contributed by atoms with Crippen molar-refractivity contribution >= 4 is 21.6 Å². The van der Waals surface area contributed by atoms with E-state index in [4.69, 9.17) is 18.9 Å². The number of carbonyl (C=O) groups excluding carboxylic acids is 1. The average Bonchev–Trinajstić information content (AvgIpc) is 2.91. The molecule has 0 aliphatic rings. The molecule has 0 bridgehead atoms. The number of ether oxygens (including phenoxy) is 4.